The van der Waals surface area contributed by atoms with Crippen LogP contribution in [0.4, 0.5) is 5.69 Å². The third-order valence-electron chi connectivity index (χ3n) is 3.43. The second-order valence-electron chi connectivity index (χ2n) is 4.97. The van der Waals surface area contributed by atoms with E-state index in [1.807, 2.05) is 19.3 Å². The third-order valence-corrected chi connectivity index (χ3v) is 3.43. The molecule has 0 unspecified atom stereocenters. The fourth-order valence-corrected chi connectivity index (χ4v) is 2.28. The summed E-state index contributed by atoms with van der Waals surface area (Å²) in [6.07, 6.45) is 3.82. The van der Waals surface area contributed by atoms with Crippen LogP contribution in [-0.2, 0) is 26.4 Å². The molecule has 1 heterocycles. The van der Waals surface area contributed by atoms with E-state index in [0.29, 0.717) is 12.5 Å². The van der Waals surface area contributed by atoms with E-state index in [9.17, 15) is 0 Å². The lowest BCUT2D eigenvalue weighted by Crippen LogP contribution is -2.24. The predicted molar refractivity (Wildman–Crippen MR) is 87.4 cm³/mol. The molecular formula is C16H23N5. The van der Waals surface area contributed by atoms with Gasteiger partial charge in [-0.3, -0.25) is 4.68 Å². The van der Waals surface area contributed by atoms with E-state index in [0.717, 1.165) is 24.2 Å². The number of nitrogens with one attached hydrogen (secondary N) is 1. The standard InChI is InChI=1S/C16H23N5/c1-4-12-7-6-8-13(5-2)15(12)19-16(17)18-11-14-9-10-21(3)20-14/h6-10H,4-5,11H2,1-3H3,(H3,17,18,19). The number of benzene rings is 1. The van der Waals surface area contributed by atoms with Crippen molar-refractivity contribution >= 4 is 11.6 Å². The number of nitrogens with zero attached hydrogens (tertiary/aromatic N) is 3. The molecule has 5 heteroatoms. The van der Waals surface area contributed by atoms with Crippen LogP contribution in [0.15, 0.2) is 35.5 Å². The molecule has 0 atom stereocenters. The lowest BCUT2D eigenvalue weighted by atomic mass is 10.0. The van der Waals surface area contributed by atoms with Crippen LogP contribution in [0.1, 0.15) is 30.7 Å². The average molecular weight is 285 g/mol. The van der Waals surface area contributed by atoms with Crippen LogP contribution in [0.3, 0.4) is 0 Å². The number of guanidine groups is 1. The van der Waals surface area contributed by atoms with E-state index >= 15 is 0 Å². The summed E-state index contributed by atoms with van der Waals surface area (Å²) in [5.41, 5.74) is 10.5. The van der Waals surface area contributed by atoms with Gasteiger partial charge in [0.2, 0.25) is 0 Å². The molecule has 21 heavy (non-hydrogen) atoms. The molecule has 0 radical (unpaired) electrons. The van der Waals surface area contributed by atoms with Crippen LogP contribution in [0.25, 0.3) is 0 Å². The molecule has 0 aliphatic heterocycles. The molecule has 0 saturated heterocycles. The van der Waals surface area contributed by atoms with Crippen molar-refractivity contribution in [1.82, 2.24) is 9.78 Å². The van der Waals surface area contributed by atoms with Crippen molar-refractivity contribution in [1.29, 1.82) is 0 Å². The molecule has 0 fully saturated rings. The minimum Gasteiger partial charge on any atom is -0.370 e. The Hall–Kier alpha value is -2.30. The monoisotopic (exact) mass is 285 g/mol. The molecule has 1 aromatic carbocycles. The maximum Gasteiger partial charge on any atom is 0.193 e. The highest BCUT2D eigenvalue weighted by molar-refractivity contribution is 5.93. The summed E-state index contributed by atoms with van der Waals surface area (Å²) < 4.78 is 1.76. The Labute approximate surface area is 125 Å². The minimum absolute atomic E-state index is 0.427. The number of aliphatic imine (C=N–C) groups is 1. The lowest BCUT2D eigenvalue weighted by Gasteiger charge is -2.14. The molecule has 0 amide bonds. The first-order valence-corrected chi connectivity index (χ1v) is 7.30. The van der Waals surface area contributed by atoms with Gasteiger partial charge in [0.05, 0.1) is 12.2 Å². The molecule has 2 aromatic rings. The zero-order valence-corrected chi connectivity index (χ0v) is 12.9. The summed E-state index contributed by atoms with van der Waals surface area (Å²) in [4.78, 5) is 4.36. The zero-order chi connectivity index (χ0) is 15.2. The number of nitrogens with two attached hydrogens (primary N) is 1. The smallest absolute Gasteiger partial charge is 0.193 e. The van der Waals surface area contributed by atoms with Gasteiger partial charge in [-0.1, -0.05) is 32.0 Å². The zero-order valence-electron chi connectivity index (χ0n) is 12.9. The van der Waals surface area contributed by atoms with Crippen LogP contribution in [0.2, 0.25) is 0 Å². The first-order valence-electron chi connectivity index (χ1n) is 7.30. The molecule has 0 aliphatic carbocycles. The molecule has 2 rings (SSSR count). The van der Waals surface area contributed by atoms with Gasteiger partial charge in [-0.15, -0.1) is 0 Å². The number of rotatable bonds is 5. The number of aromatic nitrogens is 2. The molecule has 5 nitrogen and oxygen atoms in total. The van der Waals surface area contributed by atoms with Gasteiger partial charge in [-0.25, -0.2) is 4.99 Å². The van der Waals surface area contributed by atoms with Crippen LogP contribution in [0, 0.1) is 0 Å². The fraction of sp³-hybridized carbons (Fsp3) is 0.375. The number of aryl methyl sites for hydroxylation is 3. The molecule has 0 spiro atoms. The summed E-state index contributed by atoms with van der Waals surface area (Å²) in [5.74, 6) is 0.427. The molecule has 0 bridgehead atoms. The van der Waals surface area contributed by atoms with Crippen molar-refractivity contribution in [2.45, 2.75) is 33.2 Å². The molecule has 0 aliphatic rings. The number of anilines is 1. The minimum atomic E-state index is 0.427. The number of hydrogen-bond donors (Lipinski definition) is 2. The van der Waals surface area contributed by atoms with Crippen molar-refractivity contribution in [2.24, 2.45) is 17.8 Å². The Kier molecular flexibility index (Phi) is 4.98. The summed E-state index contributed by atoms with van der Waals surface area (Å²) >= 11 is 0. The second kappa shape index (κ2) is 6.92. The second-order valence-corrected chi connectivity index (χ2v) is 4.97. The molecule has 1 aromatic heterocycles. The highest BCUT2D eigenvalue weighted by Crippen LogP contribution is 2.22. The van der Waals surface area contributed by atoms with E-state index in [1.165, 1.54) is 11.1 Å². The van der Waals surface area contributed by atoms with Crippen LogP contribution >= 0.6 is 0 Å². The van der Waals surface area contributed by atoms with E-state index in [2.05, 4.69) is 47.5 Å². The van der Waals surface area contributed by atoms with Crippen LogP contribution in [-0.4, -0.2) is 15.7 Å². The summed E-state index contributed by atoms with van der Waals surface area (Å²) in [6.45, 7) is 4.76. The van der Waals surface area contributed by atoms with E-state index < -0.39 is 0 Å². The van der Waals surface area contributed by atoms with Crippen molar-refractivity contribution in [3.05, 3.63) is 47.3 Å². The SMILES string of the molecule is CCc1cccc(CC)c1NC(N)=NCc1ccn(C)n1. The largest absolute Gasteiger partial charge is 0.370 e. The van der Waals surface area contributed by atoms with E-state index in [1.54, 1.807) is 4.68 Å². The molecule has 3 N–H and O–H groups in total. The third kappa shape index (κ3) is 3.84. The predicted octanol–water partition coefficient (Wildman–Crippen LogP) is 2.47. The quantitative estimate of drug-likeness (QED) is 0.655. The van der Waals surface area contributed by atoms with Gasteiger partial charge in [-0.2, -0.15) is 5.10 Å². The molecule has 112 valence electrons. The van der Waals surface area contributed by atoms with Gasteiger partial charge in [-0.05, 0) is 30.0 Å². The lowest BCUT2D eigenvalue weighted by molar-refractivity contribution is 0.743. The van der Waals surface area contributed by atoms with Gasteiger partial charge < -0.3 is 11.1 Å². The van der Waals surface area contributed by atoms with Gasteiger partial charge in [0.25, 0.3) is 0 Å². The Balaban J connectivity index is 2.13. The Morgan fingerprint density at radius 3 is 2.43 bits per heavy atom. The topological polar surface area (TPSA) is 68.2 Å². The summed E-state index contributed by atoms with van der Waals surface area (Å²) in [7, 11) is 1.89. The average Bonchev–Trinajstić information content (AvgIpc) is 2.91. The van der Waals surface area contributed by atoms with Crippen molar-refractivity contribution < 1.29 is 0 Å². The van der Waals surface area contributed by atoms with E-state index in [4.69, 9.17) is 5.73 Å². The van der Waals surface area contributed by atoms with Crippen LogP contribution < -0.4 is 11.1 Å². The van der Waals surface area contributed by atoms with Gasteiger partial charge in [0, 0.05) is 18.9 Å². The number of para-hydroxylation sites is 1. The molecule has 0 saturated carbocycles. The van der Waals surface area contributed by atoms with Crippen LogP contribution in [0.5, 0.6) is 0 Å². The van der Waals surface area contributed by atoms with Crippen molar-refractivity contribution in [3.8, 4) is 0 Å². The first kappa shape index (κ1) is 15.1. The Morgan fingerprint density at radius 1 is 1.24 bits per heavy atom. The Morgan fingerprint density at radius 2 is 1.90 bits per heavy atom. The van der Waals surface area contributed by atoms with E-state index in [-0.39, 0.29) is 0 Å². The summed E-state index contributed by atoms with van der Waals surface area (Å²) in [5, 5.41) is 7.53. The summed E-state index contributed by atoms with van der Waals surface area (Å²) in [6, 6.07) is 8.26. The maximum absolute atomic E-state index is 6.01. The van der Waals surface area contributed by atoms with Gasteiger partial charge >= 0.3 is 0 Å². The maximum atomic E-state index is 6.01. The Bertz CT molecular complexity index is 605. The normalized spacial score (nSPS) is 11.7. The number of hydrogen-bond acceptors (Lipinski definition) is 2. The van der Waals surface area contributed by atoms with Gasteiger partial charge in [0.15, 0.2) is 5.96 Å². The van der Waals surface area contributed by atoms with Crippen molar-refractivity contribution in [2.75, 3.05) is 5.32 Å². The molecular weight excluding hydrogens is 262 g/mol. The highest BCUT2D eigenvalue weighted by Gasteiger charge is 2.07. The van der Waals surface area contributed by atoms with Gasteiger partial charge in [0.1, 0.15) is 0 Å². The fourth-order valence-electron chi connectivity index (χ4n) is 2.28. The first-order chi connectivity index (χ1) is 10.1. The van der Waals surface area contributed by atoms with Crippen molar-refractivity contribution in [3.63, 3.8) is 0 Å². The highest BCUT2D eigenvalue weighted by atomic mass is 15.3.